The van der Waals surface area contributed by atoms with Crippen molar-refractivity contribution in [3.8, 4) is 11.3 Å². The Balaban J connectivity index is 2.55. The van der Waals surface area contributed by atoms with Crippen molar-refractivity contribution in [1.82, 2.24) is 4.98 Å². The van der Waals surface area contributed by atoms with Crippen LogP contribution in [0.5, 0.6) is 0 Å². The van der Waals surface area contributed by atoms with Crippen molar-refractivity contribution in [2.75, 3.05) is 5.73 Å². The van der Waals surface area contributed by atoms with Crippen LogP contribution in [-0.4, -0.2) is 4.98 Å². The molecule has 0 radical (unpaired) electrons. The van der Waals surface area contributed by atoms with E-state index in [0.29, 0.717) is 0 Å². The van der Waals surface area contributed by atoms with E-state index in [1.54, 1.807) is 6.20 Å². The Hall–Kier alpha value is -1.77. The van der Waals surface area contributed by atoms with Gasteiger partial charge in [0, 0.05) is 5.56 Å². The van der Waals surface area contributed by atoms with Crippen molar-refractivity contribution in [2.24, 2.45) is 0 Å². The van der Waals surface area contributed by atoms with Crippen LogP contribution >= 0.6 is 0 Å². The van der Waals surface area contributed by atoms with E-state index >= 15 is 0 Å². The highest BCUT2D eigenvalue weighted by Gasteiger charge is 2.06. The maximum atomic E-state index is 5.43. The predicted molar refractivity (Wildman–Crippen MR) is 55.8 cm³/mol. The third kappa shape index (κ3) is 1.48. The number of aryl methyl sites for hydroxylation is 2. The molecule has 2 N–H and O–H groups in total. The summed E-state index contributed by atoms with van der Waals surface area (Å²) >= 11 is 0. The second kappa shape index (κ2) is 3.18. The number of nitrogens with two attached hydrogens (primary N) is 1. The minimum atomic E-state index is 0.209. The quantitative estimate of drug-likeness (QED) is 0.748. The molecule has 1 heterocycles. The van der Waals surface area contributed by atoms with E-state index in [1.807, 2.05) is 13.8 Å². The molecule has 0 spiro atoms. The lowest BCUT2D eigenvalue weighted by Gasteiger charge is -2.02. The Morgan fingerprint density at radius 1 is 1.29 bits per heavy atom. The molecule has 0 bridgehead atoms. The third-order valence-electron chi connectivity index (χ3n) is 2.18. The van der Waals surface area contributed by atoms with Gasteiger partial charge in [-0.2, -0.15) is 0 Å². The molecule has 0 aliphatic rings. The molecule has 1 aromatic heterocycles. The van der Waals surface area contributed by atoms with Gasteiger partial charge in [0.25, 0.3) is 6.01 Å². The summed E-state index contributed by atoms with van der Waals surface area (Å²) in [4.78, 5) is 3.87. The highest BCUT2D eigenvalue weighted by atomic mass is 16.4. The Morgan fingerprint density at radius 2 is 2.07 bits per heavy atom. The summed E-state index contributed by atoms with van der Waals surface area (Å²) in [5.41, 5.74) is 8.83. The summed E-state index contributed by atoms with van der Waals surface area (Å²) in [6, 6.07) is 6.40. The van der Waals surface area contributed by atoms with Gasteiger partial charge in [-0.3, -0.25) is 0 Å². The number of oxazole rings is 1. The number of benzene rings is 1. The third-order valence-corrected chi connectivity index (χ3v) is 2.18. The largest absolute Gasteiger partial charge is 0.424 e. The lowest BCUT2D eigenvalue weighted by Crippen LogP contribution is -1.83. The van der Waals surface area contributed by atoms with Gasteiger partial charge in [0.2, 0.25) is 0 Å². The van der Waals surface area contributed by atoms with E-state index < -0.39 is 0 Å². The van der Waals surface area contributed by atoms with Crippen molar-refractivity contribution in [1.29, 1.82) is 0 Å². The van der Waals surface area contributed by atoms with Gasteiger partial charge in [-0.1, -0.05) is 17.7 Å². The van der Waals surface area contributed by atoms with E-state index in [1.165, 1.54) is 5.56 Å². The van der Waals surface area contributed by atoms with Crippen LogP contribution in [0.4, 0.5) is 6.01 Å². The van der Waals surface area contributed by atoms with E-state index in [4.69, 9.17) is 10.2 Å². The molecular formula is C11H12N2O. The normalized spacial score (nSPS) is 10.4. The molecule has 0 unspecified atom stereocenters. The number of nitrogen functional groups attached to an aromatic ring is 1. The zero-order valence-electron chi connectivity index (χ0n) is 8.24. The van der Waals surface area contributed by atoms with E-state index in [2.05, 4.69) is 23.2 Å². The fraction of sp³-hybridized carbons (Fsp3) is 0.182. The molecule has 0 aliphatic heterocycles. The molecule has 3 heteroatoms. The molecule has 2 aromatic rings. The van der Waals surface area contributed by atoms with Crippen molar-refractivity contribution < 1.29 is 4.42 Å². The van der Waals surface area contributed by atoms with Crippen LogP contribution in [0.2, 0.25) is 0 Å². The van der Waals surface area contributed by atoms with Crippen LogP contribution in [0.25, 0.3) is 11.3 Å². The van der Waals surface area contributed by atoms with E-state index in [-0.39, 0.29) is 6.01 Å². The summed E-state index contributed by atoms with van der Waals surface area (Å²) in [6.07, 6.45) is 1.65. The van der Waals surface area contributed by atoms with Gasteiger partial charge in [-0.05, 0) is 25.5 Å². The molecule has 0 saturated heterocycles. The van der Waals surface area contributed by atoms with Gasteiger partial charge in [0.05, 0.1) is 6.20 Å². The van der Waals surface area contributed by atoms with Crippen molar-refractivity contribution >= 4 is 6.01 Å². The predicted octanol–water partition coefficient (Wildman–Crippen LogP) is 2.54. The standard InChI is InChI=1S/C11H12N2O/c1-7-3-4-8(2)9(5-7)10-6-13-11(12)14-10/h3-6H,1-2H3,(H2,12,13). The van der Waals surface area contributed by atoms with Crippen molar-refractivity contribution in [3.05, 3.63) is 35.5 Å². The average molecular weight is 188 g/mol. The van der Waals surface area contributed by atoms with Gasteiger partial charge in [0.1, 0.15) is 0 Å². The second-order valence-corrected chi connectivity index (χ2v) is 3.38. The SMILES string of the molecule is Cc1ccc(C)c(-c2cnc(N)o2)c1. The van der Waals surface area contributed by atoms with Crippen LogP contribution in [0, 0.1) is 13.8 Å². The minimum absolute atomic E-state index is 0.209. The molecule has 2 rings (SSSR count). The average Bonchev–Trinajstić information content (AvgIpc) is 2.56. The first-order chi connectivity index (χ1) is 6.66. The number of hydrogen-bond acceptors (Lipinski definition) is 3. The summed E-state index contributed by atoms with van der Waals surface area (Å²) in [6.45, 7) is 4.08. The van der Waals surface area contributed by atoms with Crippen LogP contribution in [0.15, 0.2) is 28.8 Å². The molecule has 1 aromatic carbocycles. The Bertz CT molecular complexity index is 460. The first-order valence-electron chi connectivity index (χ1n) is 4.46. The van der Waals surface area contributed by atoms with Gasteiger partial charge in [-0.25, -0.2) is 4.98 Å². The van der Waals surface area contributed by atoms with Crippen LogP contribution < -0.4 is 5.73 Å². The van der Waals surface area contributed by atoms with Crippen LogP contribution in [-0.2, 0) is 0 Å². The molecule has 0 atom stereocenters. The Labute approximate surface area is 82.6 Å². The number of hydrogen-bond donors (Lipinski definition) is 1. The summed E-state index contributed by atoms with van der Waals surface area (Å²) in [5, 5.41) is 0. The Morgan fingerprint density at radius 3 is 2.71 bits per heavy atom. The zero-order chi connectivity index (χ0) is 10.1. The fourth-order valence-corrected chi connectivity index (χ4v) is 1.41. The number of nitrogens with zero attached hydrogens (tertiary/aromatic N) is 1. The van der Waals surface area contributed by atoms with Gasteiger partial charge in [0.15, 0.2) is 5.76 Å². The molecular weight excluding hydrogens is 176 g/mol. The minimum Gasteiger partial charge on any atom is -0.424 e. The lowest BCUT2D eigenvalue weighted by atomic mass is 10.0. The zero-order valence-corrected chi connectivity index (χ0v) is 8.24. The molecule has 0 fully saturated rings. The van der Waals surface area contributed by atoms with Gasteiger partial charge >= 0.3 is 0 Å². The Kier molecular flexibility index (Phi) is 2.00. The molecule has 0 aliphatic carbocycles. The second-order valence-electron chi connectivity index (χ2n) is 3.38. The van der Waals surface area contributed by atoms with Crippen molar-refractivity contribution in [2.45, 2.75) is 13.8 Å². The van der Waals surface area contributed by atoms with Gasteiger partial charge in [-0.15, -0.1) is 0 Å². The maximum Gasteiger partial charge on any atom is 0.292 e. The van der Waals surface area contributed by atoms with E-state index in [0.717, 1.165) is 16.9 Å². The molecule has 0 saturated carbocycles. The van der Waals surface area contributed by atoms with E-state index in [9.17, 15) is 0 Å². The summed E-state index contributed by atoms with van der Waals surface area (Å²) < 4.78 is 5.27. The topological polar surface area (TPSA) is 52.0 Å². The fourth-order valence-electron chi connectivity index (χ4n) is 1.41. The first kappa shape index (κ1) is 8.81. The molecule has 72 valence electrons. The van der Waals surface area contributed by atoms with Gasteiger partial charge < -0.3 is 10.2 Å². The highest BCUT2D eigenvalue weighted by Crippen LogP contribution is 2.25. The number of anilines is 1. The summed E-state index contributed by atoms with van der Waals surface area (Å²) in [7, 11) is 0. The van der Waals surface area contributed by atoms with Crippen molar-refractivity contribution in [3.63, 3.8) is 0 Å². The van der Waals surface area contributed by atoms with Crippen LogP contribution in [0.3, 0.4) is 0 Å². The smallest absolute Gasteiger partial charge is 0.292 e. The lowest BCUT2D eigenvalue weighted by molar-refractivity contribution is 0.594. The summed E-state index contributed by atoms with van der Waals surface area (Å²) in [5.74, 6) is 0.726. The highest BCUT2D eigenvalue weighted by molar-refractivity contribution is 5.62. The first-order valence-corrected chi connectivity index (χ1v) is 4.46. The number of rotatable bonds is 1. The maximum absolute atomic E-state index is 5.43. The molecule has 3 nitrogen and oxygen atoms in total. The monoisotopic (exact) mass is 188 g/mol. The molecule has 0 amide bonds. The molecule has 14 heavy (non-hydrogen) atoms. The van der Waals surface area contributed by atoms with Crippen LogP contribution in [0.1, 0.15) is 11.1 Å². The number of aromatic nitrogens is 1.